The fraction of sp³-hybridized carbons (Fsp3) is 0.300. The van der Waals surface area contributed by atoms with Crippen molar-refractivity contribution in [3.8, 4) is 5.75 Å². The van der Waals surface area contributed by atoms with Crippen molar-refractivity contribution in [2.24, 2.45) is 0 Å². The third kappa shape index (κ3) is 4.83. The first-order valence-electron chi connectivity index (χ1n) is 8.17. The number of methoxy groups -OCH3 is 1. The van der Waals surface area contributed by atoms with Gasteiger partial charge in [-0.3, -0.25) is 4.79 Å². The average Bonchev–Trinajstić information content (AvgIpc) is 2.61. The van der Waals surface area contributed by atoms with Crippen molar-refractivity contribution in [1.82, 2.24) is 0 Å². The van der Waals surface area contributed by atoms with Crippen molar-refractivity contribution < 1.29 is 19.1 Å². The van der Waals surface area contributed by atoms with Crippen LogP contribution >= 0.6 is 0 Å². The van der Waals surface area contributed by atoms with Crippen molar-refractivity contribution in [3.63, 3.8) is 0 Å². The second kappa shape index (κ2) is 8.33. The van der Waals surface area contributed by atoms with Gasteiger partial charge in [-0.2, -0.15) is 0 Å². The van der Waals surface area contributed by atoms with Gasteiger partial charge in [0.05, 0.1) is 12.7 Å². The number of amides is 1. The number of hydrogen-bond donors (Lipinski definition) is 1. The summed E-state index contributed by atoms with van der Waals surface area (Å²) in [5.74, 6) is 0.249. The molecule has 132 valence electrons. The summed E-state index contributed by atoms with van der Waals surface area (Å²) in [6, 6.07) is 14.3. The minimum absolute atomic E-state index is 0.291. The normalized spacial score (nSPS) is 11.7. The lowest BCUT2D eigenvalue weighted by molar-refractivity contribution is -0.122. The Hall–Kier alpha value is -2.82. The van der Waals surface area contributed by atoms with Gasteiger partial charge in [-0.05, 0) is 42.7 Å². The Morgan fingerprint density at radius 2 is 1.72 bits per heavy atom. The summed E-state index contributed by atoms with van der Waals surface area (Å²) in [5, 5.41) is 2.76. The molecule has 5 nitrogen and oxygen atoms in total. The van der Waals surface area contributed by atoms with E-state index in [4.69, 9.17) is 4.74 Å². The Kier molecular flexibility index (Phi) is 6.17. The molecule has 0 aromatic heterocycles. The monoisotopic (exact) mass is 341 g/mol. The maximum atomic E-state index is 12.4. The molecule has 0 fully saturated rings. The van der Waals surface area contributed by atoms with E-state index < -0.39 is 12.1 Å². The fourth-order valence-electron chi connectivity index (χ4n) is 2.39. The van der Waals surface area contributed by atoms with Crippen LogP contribution in [0.4, 0.5) is 5.69 Å². The summed E-state index contributed by atoms with van der Waals surface area (Å²) >= 11 is 0. The van der Waals surface area contributed by atoms with E-state index >= 15 is 0 Å². The van der Waals surface area contributed by atoms with Gasteiger partial charge in [-0.15, -0.1) is 0 Å². The Labute approximate surface area is 148 Å². The van der Waals surface area contributed by atoms with Gasteiger partial charge >= 0.3 is 5.97 Å². The quantitative estimate of drug-likeness (QED) is 0.807. The maximum absolute atomic E-state index is 12.4. The highest BCUT2D eigenvalue weighted by molar-refractivity contribution is 5.96. The van der Waals surface area contributed by atoms with Gasteiger partial charge in [0, 0.05) is 5.69 Å². The number of anilines is 1. The highest BCUT2D eigenvalue weighted by Gasteiger charge is 2.18. The van der Waals surface area contributed by atoms with Crippen LogP contribution in [-0.4, -0.2) is 25.1 Å². The van der Waals surface area contributed by atoms with Gasteiger partial charge in [-0.1, -0.05) is 38.1 Å². The van der Waals surface area contributed by atoms with Crippen LogP contribution in [0, 0.1) is 0 Å². The van der Waals surface area contributed by atoms with E-state index in [-0.39, 0.29) is 5.91 Å². The van der Waals surface area contributed by atoms with Crippen LogP contribution in [-0.2, 0) is 9.53 Å². The topological polar surface area (TPSA) is 64.6 Å². The zero-order valence-corrected chi connectivity index (χ0v) is 14.9. The molecule has 0 heterocycles. The van der Waals surface area contributed by atoms with E-state index in [0.717, 1.165) is 5.56 Å². The molecule has 25 heavy (non-hydrogen) atoms. The van der Waals surface area contributed by atoms with E-state index in [2.05, 4.69) is 23.9 Å². The van der Waals surface area contributed by atoms with E-state index in [0.29, 0.717) is 22.9 Å². The predicted octanol–water partition coefficient (Wildman–Crippen LogP) is 4.00. The van der Waals surface area contributed by atoms with Crippen molar-refractivity contribution in [2.45, 2.75) is 32.8 Å². The minimum atomic E-state index is -0.679. The second-order valence-corrected chi connectivity index (χ2v) is 6.01. The molecule has 5 heteroatoms. The van der Waals surface area contributed by atoms with Gasteiger partial charge in [0.2, 0.25) is 0 Å². The number of nitrogens with one attached hydrogen (secondary N) is 1. The van der Waals surface area contributed by atoms with Gasteiger partial charge in [-0.25, -0.2) is 4.79 Å². The van der Waals surface area contributed by atoms with Gasteiger partial charge in [0.25, 0.3) is 5.91 Å². The molecule has 1 N–H and O–H groups in total. The van der Waals surface area contributed by atoms with Gasteiger partial charge in [0.1, 0.15) is 5.75 Å². The highest BCUT2D eigenvalue weighted by Crippen LogP contribution is 2.26. The van der Waals surface area contributed by atoms with Crippen LogP contribution < -0.4 is 10.1 Å². The molecule has 0 saturated carbocycles. The molecular formula is C20H23NO4. The van der Waals surface area contributed by atoms with Crippen LogP contribution in [0.2, 0.25) is 0 Å². The first kappa shape index (κ1) is 18.5. The third-order valence-corrected chi connectivity index (χ3v) is 3.77. The average molecular weight is 341 g/mol. The summed E-state index contributed by atoms with van der Waals surface area (Å²) in [7, 11) is 1.32. The molecule has 2 aromatic rings. The number of benzene rings is 2. The van der Waals surface area contributed by atoms with Gasteiger partial charge in [0.15, 0.2) is 6.10 Å². The van der Waals surface area contributed by atoms with Gasteiger partial charge < -0.3 is 14.8 Å². The number of hydrogen-bond acceptors (Lipinski definition) is 4. The number of para-hydroxylation sites is 1. The van der Waals surface area contributed by atoms with E-state index in [1.54, 1.807) is 31.2 Å². The molecule has 0 radical (unpaired) electrons. The van der Waals surface area contributed by atoms with Crippen molar-refractivity contribution in [3.05, 3.63) is 59.7 Å². The Bertz CT molecular complexity index is 755. The van der Waals surface area contributed by atoms with E-state index in [1.807, 2.05) is 24.3 Å². The molecule has 1 amide bonds. The zero-order valence-electron chi connectivity index (χ0n) is 14.9. The van der Waals surface area contributed by atoms with Crippen molar-refractivity contribution in [1.29, 1.82) is 0 Å². The lowest BCUT2D eigenvalue weighted by Gasteiger charge is -2.18. The largest absolute Gasteiger partial charge is 0.481 e. The summed E-state index contributed by atoms with van der Waals surface area (Å²) in [6.45, 7) is 5.84. The lowest BCUT2D eigenvalue weighted by atomic mass is 10.0. The number of ether oxygens (including phenoxy) is 2. The lowest BCUT2D eigenvalue weighted by Crippen LogP contribution is -2.30. The highest BCUT2D eigenvalue weighted by atomic mass is 16.5. The maximum Gasteiger partial charge on any atom is 0.337 e. The van der Waals surface area contributed by atoms with Crippen LogP contribution in [0.5, 0.6) is 5.75 Å². The summed E-state index contributed by atoms with van der Waals surface area (Å²) in [6.07, 6.45) is -0.679. The third-order valence-electron chi connectivity index (χ3n) is 3.77. The van der Waals surface area contributed by atoms with Crippen LogP contribution in [0.3, 0.4) is 0 Å². The molecule has 1 atom stereocenters. The number of carbonyl (C=O) groups is 2. The van der Waals surface area contributed by atoms with Crippen molar-refractivity contribution >= 4 is 17.6 Å². The molecule has 0 bridgehead atoms. The molecule has 0 aliphatic carbocycles. The molecule has 0 aliphatic heterocycles. The SMILES string of the molecule is COC(=O)c1cccc(NC(=O)[C@H](C)Oc2ccccc2C(C)C)c1. The molecule has 0 aliphatic rings. The molecule has 2 aromatic carbocycles. The Morgan fingerprint density at radius 3 is 2.40 bits per heavy atom. The molecule has 0 unspecified atom stereocenters. The summed E-state index contributed by atoms with van der Waals surface area (Å²) < 4.78 is 10.5. The molecule has 2 rings (SSSR count). The number of rotatable bonds is 6. The van der Waals surface area contributed by atoms with Crippen LogP contribution in [0.15, 0.2) is 48.5 Å². The molecule has 0 spiro atoms. The Morgan fingerprint density at radius 1 is 1.00 bits per heavy atom. The fourth-order valence-corrected chi connectivity index (χ4v) is 2.39. The number of carbonyl (C=O) groups excluding carboxylic acids is 2. The molecule has 0 saturated heterocycles. The van der Waals surface area contributed by atoms with E-state index in [9.17, 15) is 9.59 Å². The first-order chi connectivity index (χ1) is 11.9. The smallest absolute Gasteiger partial charge is 0.337 e. The zero-order chi connectivity index (χ0) is 18.4. The van der Waals surface area contributed by atoms with Crippen LogP contribution in [0.25, 0.3) is 0 Å². The minimum Gasteiger partial charge on any atom is -0.481 e. The molecular weight excluding hydrogens is 318 g/mol. The van der Waals surface area contributed by atoms with E-state index in [1.165, 1.54) is 7.11 Å². The Balaban J connectivity index is 2.07. The second-order valence-electron chi connectivity index (χ2n) is 6.01. The van der Waals surface area contributed by atoms with Crippen molar-refractivity contribution in [2.75, 3.05) is 12.4 Å². The standard InChI is InChI=1S/C20H23NO4/c1-13(2)17-10-5-6-11-18(17)25-14(3)19(22)21-16-9-7-8-15(12-16)20(23)24-4/h5-14H,1-4H3,(H,21,22)/t14-/m0/s1. The number of esters is 1. The predicted molar refractivity (Wildman–Crippen MR) is 97.0 cm³/mol. The first-order valence-corrected chi connectivity index (χ1v) is 8.17. The summed E-state index contributed by atoms with van der Waals surface area (Å²) in [4.78, 5) is 24.0. The summed E-state index contributed by atoms with van der Waals surface area (Å²) in [5.41, 5.74) is 1.94. The van der Waals surface area contributed by atoms with Crippen LogP contribution in [0.1, 0.15) is 42.6 Å².